The minimum absolute atomic E-state index is 0.231. The summed E-state index contributed by atoms with van der Waals surface area (Å²) in [5.74, 6) is 0.466. The van der Waals surface area contributed by atoms with Crippen LogP contribution in [-0.4, -0.2) is 22.6 Å². The zero-order valence-electron chi connectivity index (χ0n) is 13.8. The molecule has 128 valence electrons. The van der Waals surface area contributed by atoms with Crippen LogP contribution < -0.4 is 10.9 Å². The number of nitrogens with one attached hydrogen (secondary N) is 3. The molecule has 0 aliphatic heterocycles. The van der Waals surface area contributed by atoms with Gasteiger partial charge in [-0.05, 0) is 18.6 Å². The van der Waals surface area contributed by atoms with Crippen LogP contribution in [-0.2, 0) is 10.5 Å². The van der Waals surface area contributed by atoms with Gasteiger partial charge in [0.2, 0.25) is 5.91 Å². The van der Waals surface area contributed by atoms with Gasteiger partial charge in [-0.2, -0.15) is 0 Å². The van der Waals surface area contributed by atoms with Gasteiger partial charge in [0.05, 0.1) is 11.3 Å². The van der Waals surface area contributed by atoms with Crippen molar-refractivity contribution in [2.24, 2.45) is 0 Å². The van der Waals surface area contributed by atoms with Crippen LogP contribution in [0.3, 0.4) is 0 Å². The van der Waals surface area contributed by atoms with Crippen molar-refractivity contribution in [3.05, 3.63) is 71.4 Å². The van der Waals surface area contributed by atoms with E-state index >= 15 is 0 Å². The minimum atomic E-state index is -0.338. The first-order valence-corrected chi connectivity index (χ1v) is 9.07. The number of amides is 2. The number of carbonyl (C=O) groups excluding carboxylic acids is 2. The van der Waals surface area contributed by atoms with Crippen molar-refractivity contribution in [2.75, 3.05) is 5.75 Å². The quantitative estimate of drug-likeness (QED) is 0.617. The predicted octanol–water partition coefficient (Wildman–Crippen LogP) is 3.17. The highest BCUT2D eigenvalue weighted by atomic mass is 32.2. The molecule has 5 nitrogen and oxygen atoms in total. The second-order valence-corrected chi connectivity index (χ2v) is 6.72. The number of fused-ring (bicyclic) bond motifs is 1. The molecule has 0 saturated carbocycles. The van der Waals surface area contributed by atoms with Crippen molar-refractivity contribution in [2.45, 2.75) is 12.7 Å². The molecule has 0 aliphatic rings. The fraction of sp³-hybridized carbons (Fsp3) is 0.158. The summed E-state index contributed by atoms with van der Waals surface area (Å²) in [5.41, 5.74) is 8.69. The van der Waals surface area contributed by atoms with Crippen molar-refractivity contribution >= 4 is 34.5 Å². The second kappa shape index (κ2) is 7.90. The average Bonchev–Trinajstić information content (AvgIpc) is 3.04. The number of hydrogen-bond donors (Lipinski definition) is 3. The molecular weight excluding hydrogens is 334 g/mol. The summed E-state index contributed by atoms with van der Waals surface area (Å²) in [7, 11) is 0. The summed E-state index contributed by atoms with van der Waals surface area (Å²) < 4.78 is 0. The zero-order chi connectivity index (χ0) is 17.6. The van der Waals surface area contributed by atoms with Gasteiger partial charge in [0.15, 0.2) is 0 Å². The third-order valence-electron chi connectivity index (χ3n) is 3.73. The van der Waals surface area contributed by atoms with Crippen LogP contribution in [0.15, 0.2) is 54.7 Å². The highest BCUT2D eigenvalue weighted by molar-refractivity contribution is 7.99. The first kappa shape index (κ1) is 17.1. The Labute approximate surface area is 150 Å². The molecule has 0 radical (unpaired) electrons. The number of carbonyl (C=O) groups is 2. The van der Waals surface area contributed by atoms with Crippen molar-refractivity contribution in [1.29, 1.82) is 0 Å². The van der Waals surface area contributed by atoms with Crippen LogP contribution in [0.4, 0.5) is 0 Å². The van der Waals surface area contributed by atoms with Crippen LogP contribution in [0, 0.1) is 6.92 Å². The van der Waals surface area contributed by atoms with E-state index in [1.807, 2.05) is 49.4 Å². The van der Waals surface area contributed by atoms with Gasteiger partial charge in [-0.15, -0.1) is 11.8 Å². The zero-order valence-corrected chi connectivity index (χ0v) is 14.7. The lowest BCUT2D eigenvalue weighted by Gasteiger charge is -2.07. The molecule has 0 spiro atoms. The molecule has 6 heteroatoms. The highest BCUT2D eigenvalue weighted by Gasteiger charge is 2.12. The maximum Gasteiger partial charge on any atom is 0.271 e. The molecule has 3 rings (SSSR count). The fourth-order valence-corrected chi connectivity index (χ4v) is 3.33. The monoisotopic (exact) mass is 353 g/mol. The number of hydrazine groups is 1. The van der Waals surface area contributed by atoms with Gasteiger partial charge in [0.1, 0.15) is 0 Å². The van der Waals surface area contributed by atoms with Crippen LogP contribution >= 0.6 is 11.8 Å². The van der Waals surface area contributed by atoms with Crippen LogP contribution in [0.1, 0.15) is 21.5 Å². The summed E-state index contributed by atoms with van der Waals surface area (Å²) in [6.45, 7) is 2.04. The number of aromatic amines is 1. The van der Waals surface area contributed by atoms with Gasteiger partial charge >= 0.3 is 0 Å². The van der Waals surface area contributed by atoms with E-state index in [1.54, 1.807) is 6.20 Å². The van der Waals surface area contributed by atoms with Gasteiger partial charge < -0.3 is 4.98 Å². The van der Waals surface area contributed by atoms with Gasteiger partial charge in [0, 0.05) is 22.9 Å². The number of benzene rings is 2. The number of aromatic nitrogens is 1. The summed E-state index contributed by atoms with van der Waals surface area (Å²) in [5, 5.41) is 0.822. The van der Waals surface area contributed by atoms with E-state index < -0.39 is 0 Å². The molecule has 0 unspecified atom stereocenters. The Bertz CT molecular complexity index is 904. The second-order valence-electron chi connectivity index (χ2n) is 5.73. The molecular formula is C19H19N3O2S. The summed E-state index contributed by atoms with van der Waals surface area (Å²) in [4.78, 5) is 27.1. The molecule has 0 fully saturated rings. The molecule has 0 atom stereocenters. The van der Waals surface area contributed by atoms with Crippen molar-refractivity contribution in [3.8, 4) is 0 Å². The van der Waals surface area contributed by atoms with Gasteiger partial charge in [-0.3, -0.25) is 20.4 Å². The van der Waals surface area contributed by atoms with Crippen molar-refractivity contribution in [3.63, 3.8) is 0 Å². The normalized spacial score (nSPS) is 10.6. The third-order valence-corrected chi connectivity index (χ3v) is 4.74. The number of H-pyrrole nitrogens is 1. The topological polar surface area (TPSA) is 74.0 Å². The van der Waals surface area contributed by atoms with Gasteiger partial charge in [-0.1, -0.05) is 48.0 Å². The lowest BCUT2D eigenvalue weighted by molar-refractivity contribution is -0.119. The van der Waals surface area contributed by atoms with Crippen LogP contribution in [0.2, 0.25) is 0 Å². The Morgan fingerprint density at radius 1 is 1.08 bits per heavy atom. The number of para-hydroxylation sites is 1. The minimum Gasteiger partial charge on any atom is -0.360 e. The van der Waals surface area contributed by atoms with Crippen LogP contribution in [0.5, 0.6) is 0 Å². The molecule has 25 heavy (non-hydrogen) atoms. The van der Waals surface area contributed by atoms with E-state index in [0.717, 1.165) is 16.7 Å². The Balaban J connectivity index is 1.46. The maximum absolute atomic E-state index is 12.2. The molecule has 2 aromatic carbocycles. The van der Waals surface area contributed by atoms with Crippen molar-refractivity contribution in [1.82, 2.24) is 15.8 Å². The molecule has 3 aromatic rings. The number of aryl methyl sites for hydroxylation is 1. The molecule has 0 aliphatic carbocycles. The molecule has 2 amide bonds. The standard InChI is InChI=1S/C19H19N3O2S/c1-13-5-4-6-14(9-13)11-25-12-18(23)21-22-19(24)16-10-20-17-8-3-2-7-15(16)17/h2-10,20H,11-12H2,1H3,(H,21,23)(H,22,24). The van der Waals surface area contributed by atoms with E-state index in [0.29, 0.717) is 5.56 Å². The molecule has 1 heterocycles. The van der Waals surface area contributed by atoms with E-state index in [9.17, 15) is 9.59 Å². The summed E-state index contributed by atoms with van der Waals surface area (Å²) in [6, 6.07) is 15.7. The Morgan fingerprint density at radius 2 is 1.92 bits per heavy atom. The summed E-state index contributed by atoms with van der Waals surface area (Å²) in [6.07, 6.45) is 1.64. The Kier molecular flexibility index (Phi) is 5.40. The van der Waals surface area contributed by atoms with Crippen LogP contribution in [0.25, 0.3) is 10.9 Å². The van der Waals surface area contributed by atoms with E-state index in [4.69, 9.17) is 0 Å². The predicted molar refractivity (Wildman–Crippen MR) is 101 cm³/mol. The number of rotatable bonds is 5. The van der Waals surface area contributed by atoms with Crippen molar-refractivity contribution < 1.29 is 9.59 Å². The average molecular weight is 353 g/mol. The van der Waals surface area contributed by atoms with E-state index in [1.165, 1.54) is 22.9 Å². The van der Waals surface area contributed by atoms with Gasteiger partial charge in [0.25, 0.3) is 5.91 Å². The maximum atomic E-state index is 12.2. The number of hydrogen-bond acceptors (Lipinski definition) is 3. The first-order chi connectivity index (χ1) is 12.1. The highest BCUT2D eigenvalue weighted by Crippen LogP contribution is 2.17. The number of thioether (sulfide) groups is 1. The molecule has 0 bridgehead atoms. The fourth-order valence-electron chi connectivity index (χ4n) is 2.55. The smallest absolute Gasteiger partial charge is 0.271 e. The lowest BCUT2D eigenvalue weighted by atomic mass is 10.2. The molecule has 0 saturated heterocycles. The molecule has 3 N–H and O–H groups in total. The largest absolute Gasteiger partial charge is 0.360 e. The first-order valence-electron chi connectivity index (χ1n) is 7.92. The SMILES string of the molecule is Cc1cccc(CSCC(=O)NNC(=O)c2c[nH]c3ccccc23)c1. The van der Waals surface area contributed by atoms with Gasteiger partial charge in [-0.25, -0.2) is 0 Å². The third kappa shape index (κ3) is 4.42. The molecule has 1 aromatic heterocycles. The Morgan fingerprint density at radius 3 is 2.76 bits per heavy atom. The lowest BCUT2D eigenvalue weighted by Crippen LogP contribution is -2.42. The van der Waals surface area contributed by atoms with E-state index in [-0.39, 0.29) is 17.6 Å². The summed E-state index contributed by atoms with van der Waals surface area (Å²) >= 11 is 1.51. The van der Waals surface area contributed by atoms with E-state index in [2.05, 4.69) is 21.9 Å². The Hall–Kier alpha value is -2.73.